The molecule has 0 unspecified atom stereocenters. The zero-order valence-electron chi connectivity index (χ0n) is 19.1. The first kappa shape index (κ1) is 24.8. The van der Waals surface area contributed by atoms with E-state index in [1.54, 1.807) is 20.4 Å². The van der Waals surface area contributed by atoms with E-state index in [2.05, 4.69) is 25.9 Å². The molecule has 0 aliphatic rings. The third kappa shape index (κ3) is 6.76. The van der Waals surface area contributed by atoms with Crippen molar-refractivity contribution in [1.82, 2.24) is 9.97 Å². The Morgan fingerprint density at radius 3 is 2.42 bits per heavy atom. The van der Waals surface area contributed by atoms with Crippen molar-refractivity contribution in [3.8, 4) is 11.5 Å². The van der Waals surface area contributed by atoms with Crippen LogP contribution in [0.4, 0.5) is 4.39 Å². The summed E-state index contributed by atoms with van der Waals surface area (Å²) < 4.78 is 24.6. The van der Waals surface area contributed by atoms with E-state index in [1.807, 2.05) is 58.0 Å². The summed E-state index contributed by atoms with van der Waals surface area (Å²) in [7, 11) is 1.64. The number of halogens is 2. The molecule has 0 aliphatic carbocycles. The topological polar surface area (TPSA) is 44.2 Å². The minimum Gasteiger partial charge on any atom is -0.493 e. The summed E-state index contributed by atoms with van der Waals surface area (Å²) in [6.07, 6.45) is 4.40. The Morgan fingerprint density at radius 1 is 1.06 bits per heavy atom. The SMILES string of the molecule is CC(C)=Cc1c(C)ccc(C)c1F.COc1cc2c(C)ncnc2cc1OCCCBr. The molecule has 3 rings (SSSR count). The summed E-state index contributed by atoms with van der Waals surface area (Å²) in [5, 5.41) is 1.91. The number of hydrogen-bond donors (Lipinski definition) is 0. The van der Waals surface area contributed by atoms with Gasteiger partial charge in [-0.3, -0.25) is 0 Å². The number of allylic oxidation sites excluding steroid dienone is 1. The smallest absolute Gasteiger partial charge is 0.163 e. The van der Waals surface area contributed by atoms with E-state index >= 15 is 0 Å². The average molecular weight is 489 g/mol. The van der Waals surface area contributed by atoms with Crippen LogP contribution in [0.2, 0.25) is 0 Å². The molecular weight excluding hydrogens is 459 g/mol. The molecule has 0 fully saturated rings. The van der Waals surface area contributed by atoms with Crippen LogP contribution in [-0.4, -0.2) is 29.0 Å². The molecule has 6 heteroatoms. The largest absolute Gasteiger partial charge is 0.493 e. The second-order valence-electron chi connectivity index (χ2n) is 7.52. The van der Waals surface area contributed by atoms with Crippen LogP contribution in [0.25, 0.3) is 17.0 Å². The summed E-state index contributed by atoms with van der Waals surface area (Å²) in [4.78, 5) is 8.42. The number of methoxy groups -OCH3 is 1. The molecule has 0 saturated heterocycles. The van der Waals surface area contributed by atoms with Gasteiger partial charge in [0.25, 0.3) is 0 Å². The van der Waals surface area contributed by atoms with Crippen molar-refractivity contribution in [2.75, 3.05) is 19.0 Å². The van der Waals surface area contributed by atoms with Crippen LogP contribution in [0.5, 0.6) is 11.5 Å². The molecule has 166 valence electrons. The van der Waals surface area contributed by atoms with Gasteiger partial charge < -0.3 is 9.47 Å². The highest BCUT2D eigenvalue weighted by Crippen LogP contribution is 2.32. The highest BCUT2D eigenvalue weighted by Gasteiger charge is 2.09. The highest BCUT2D eigenvalue weighted by molar-refractivity contribution is 9.09. The number of hydrogen-bond acceptors (Lipinski definition) is 4. The van der Waals surface area contributed by atoms with Gasteiger partial charge in [-0.05, 0) is 58.2 Å². The molecule has 0 radical (unpaired) electrons. The van der Waals surface area contributed by atoms with E-state index in [4.69, 9.17) is 9.47 Å². The highest BCUT2D eigenvalue weighted by atomic mass is 79.9. The lowest BCUT2D eigenvalue weighted by Gasteiger charge is -2.11. The Labute approximate surface area is 192 Å². The average Bonchev–Trinajstić information content (AvgIpc) is 2.74. The standard InChI is InChI=1S/C13H15BrN2O2.C12H15F/c1-9-10-6-12(17-2)13(18-5-3-4-14)7-11(10)16-8-15-9;1-8(2)7-11-9(3)5-6-10(4)12(11)13/h6-8H,3-5H2,1-2H3;5-7H,1-4H3. The summed E-state index contributed by atoms with van der Waals surface area (Å²) >= 11 is 3.38. The van der Waals surface area contributed by atoms with Gasteiger partial charge in [0.05, 0.1) is 19.2 Å². The van der Waals surface area contributed by atoms with Gasteiger partial charge in [0.1, 0.15) is 12.1 Å². The quantitative estimate of drug-likeness (QED) is 0.277. The van der Waals surface area contributed by atoms with E-state index in [9.17, 15) is 4.39 Å². The fourth-order valence-electron chi connectivity index (χ4n) is 2.97. The summed E-state index contributed by atoms with van der Waals surface area (Å²) in [6, 6.07) is 7.59. The van der Waals surface area contributed by atoms with Crippen LogP contribution in [-0.2, 0) is 0 Å². The maximum absolute atomic E-state index is 13.6. The van der Waals surface area contributed by atoms with Gasteiger partial charge in [-0.15, -0.1) is 0 Å². The predicted octanol–water partition coefficient (Wildman–Crippen LogP) is 6.98. The Balaban J connectivity index is 0.000000233. The van der Waals surface area contributed by atoms with Gasteiger partial charge in [0.2, 0.25) is 0 Å². The van der Waals surface area contributed by atoms with Crippen LogP contribution >= 0.6 is 15.9 Å². The van der Waals surface area contributed by atoms with Crippen LogP contribution < -0.4 is 9.47 Å². The Bertz CT molecular complexity index is 1060. The zero-order chi connectivity index (χ0) is 23.0. The molecule has 0 atom stereocenters. The maximum Gasteiger partial charge on any atom is 0.163 e. The minimum absolute atomic E-state index is 0.0961. The normalized spacial score (nSPS) is 10.3. The maximum atomic E-state index is 13.6. The number of ether oxygens (including phenoxy) is 2. The molecule has 31 heavy (non-hydrogen) atoms. The first-order valence-electron chi connectivity index (χ1n) is 10.2. The molecule has 0 aliphatic heterocycles. The number of benzene rings is 2. The van der Waals surface area contributed by atoms with Crippen LogP contribution in [0, 0.1) is 26.6 Å². The molecule has 4 nitrogen and oxygen atoms in total. The van der Waals surface area contributed by atoms with Gasteiger partial charge in [-0.25, -0.2) is 14.4 Å². The number of nitrogens with zero attached hydrogens (tertiary/aromatic N) is 2. The van der Waals surface area contributed by atoms with Crippen LogP contribution in [0.1, 0.15) is 42.7 Å². The third-order valence-electron chi connectivity index (χ3n) is 4.68. The number of rotatable bonds is 6. The molecule has 0 amide bonds. The first-order valence-corrected chi connectivity index (χ1v) is 11.3. The molecule has 0 bridgehead atoms. The number of alkyl halides is 1. The lowest BCUT2D eigenvalue weighted by molar-refractivity contribution is 0.296. The van der Waals surface area contributed by atoms with Gasteiger partial charge >= 0.3 is 0 Å². The summed E-state index contributed by atoms with van der Waals surface area (Å²) in [5.41, 5.74) is 5.34. The van der Waals surface area contributed by atoms with Crippen molar-refractivity contribution in [3.63, 3.8) is 0 Å². The predicted molar refractivity (Wildman–Crippen MR) is 130 cm³/mol. The van der Waals surface area contributed by atoms with Crippen molar-refractivity contribution in [1.29, 1.82) is 0 Å². The van der Waals surface area contributed by atoms with Crippen molar-refractivity contribution in [3.05, 3.63) is 64.4 Å². The van der Waals surface area contributed by atoms with E-state index < -0.39 is 0 Å². The van der Waals surface area contributed by atoms with E-state index in [0.29, 0.717) is 12.2 Å². The fraction of sp³-hybridized carbons (Fsp3) is 0.360. The lowest BCUT2D eigenvalue weighted by Crippen LogP contribution is -2.00. The zero-order valence-corrected chi connectivity index (χ0v) is 20.6. The number of fused-ring (bicyclic) bond motifs is 1. The summed E-state index contributed by atoms with van der Waals surface area (Å²) in [6.45, 7) is 10.3. The van der Waals surface area contributed by atoms with Gasteiger partial charge in [0.15, 0.2) is 11.5 Å². The monoisotopic (exact) mass is 488 g/mol. The molecule has 3 aromatic rings. The minimum atomic E-state index is -0.0961. The van der Waals surface area contributed by atoms with Gasteiger partial charge in [0, 0.05) is 28.0 Å². The summed E-state index contributed by atoms with van der Waals surface area (Å²) in [5.74, 6) is 1.35. The molecule has 1 heterocycles. The van der Waals surface area contributed by atoms with E-state index in [-0.39, 0.29) is 5.82 Å². The van der Waals surface area contributed by atoms with Gasteiger partial charge in [-0.1, -0.05) is 39.7 Å². The molecule has 0 N–H and O–H groups in total. The number of aromatic nitrogens is 2. The van der Waals surface area contributed by atoms with Crippen LogP contribution in [0.3, 0.4) is 0 Å². The Hall–Kier alpha value is -2.47. The second-order valence-corrected chi connectivity index (χ2v) is 8.31. The molecule has 2 aromatic carbocycles. The Kier molecular flexibility index (Phi) is 9.44. The third-order valence-corrected chi connectivity index (χ3v) is 5.24. The molecular formula is C25H30BrFN2O2. The van der Waals surface area contributed by atoms with Gasteiger partial charge in [-0.2, -0.15) is 0 Å². The Morgan fingerprint density at radius 2 is 1.77 bits per heavy atom. The fourth-order valence-corrected chi connectivity index (χ4v) is 3.20. The molecule has 0 saturated carbocycles. The number of aryl methyl sites for hydroxylation is 3. The van der Waals surface area contributed by atoms with Crippen molar-refractivity contribution in [2.24, 2.45) is 0 Å². The van der Waals surface area contributed by atoms with Crippen LogP contribution in [0.15, 0.2) is 36.2 Å². The van der Waals surface area contributed by atoms with E-state index in [0.717, 1.165) is 56.5 Å². The van der Waals surface area contributed by atoms with Crippen molar-refractivity contribution in [2.45, 2.75) is 41.0 Å². The second kappa shape index (κ2) is 11.8. The molecule has 1 aromatic heterocycles. The van der Waals surface area contributed by atoms with Crippen molar-refractivity contribution < 1.29 is 13.9 Å². The van der Waals surface area contributed by atoms with E-state index in [1.165, 1.54) is 0 Å². The molecule has 0 spiro atoms. The van der Waals surface area contributed by atoms with Crippen molar-refractivity contribution >= 4 is 32.9 Å². The lowest BCUT2D eigenvalue weighted by atomic mass is 10.0. The first-order chi connectivity index (χ1) is 14.8.